The van der Waals surface area contributed by atoms with Gasteiger partial charge in [0.1, 0.15) is 18.4 Å². The Balaban J connectivity index is 1.19. The molecule has 8 nitrogen and oxygen atoms in total. The number of nitriles is 1. The van der Waals surface area contributed by atoms with Gasteiger partial charge in [0.15, 0.2) is 5.76 Å². The molecule has 5 rings (SSSR count). The van der Waals surface area contributed by atoms with Crippen molar-refractivity contribution in [2.24, 2.45) is 0 Å². The molecule has 0 radical (unpaired) electrons. The molecule has 0 bridgehead atoms. The normalized spacial score (nSPS) is 13.5. The predicted octanol–water partition coefficient (Wildman–Crippen LogP) is 4.35. The Morgan fingerprint density at radius 1 is 1.00 bits per heavy atom. The number of hydrogen-bond acceptors (Lipinski definition) is 7. The van der Waals surface area contributed by atoms with Crippen LogP contribution >= 0.6 is 0 Å². The van der Waals surface area contributed by atoms with E-state index in [1.54, 1.807) is 29.2 Å². The van der Waals surface area contributed by atoms with E-state index < -0.39 is 0 Å². The lowest BCUT2D eigenvalue weighted by Crippen LogP contribution is -2.48. The molecule has 170 valence electrons. The van der Waals surface area contributed by atoms with Gasteiger partial charge in [0.2, 0.25) is 11.6 Å². The first-order chi connectivity index (χ1) is 16.7. The molecule has 34 heavy (non-hydrogen) atoms. The molecule has 0 N–H and O–H groups in total. The number of furan rings is 1. The van der Waals surface area contributed by atoms with Crippen molar-refractivity contribution in [2.45, 2.75) is 6.61 Å². The third-order valence-corrected chi connectivity index (χ3v) is 5.65. The third-order valence-electron chi connectivity index (χ3n) is 5.65. The number of piperazine rings is 1. The Kier molecular flexibility index (Phi) is 5.99. The number of carbonyl (C=O) groups excluding carboxylic acids is 1. The van der Waals surface area contributed by atoms with Crippen LogP contribution in [0.2, 0.25) is 0 Å². The number of nitrogens with zero attached hydrogens (tertiary/aromatic N) is 4. The van der Waals surface area contributed by atoms with Crippen LogP contribution in [0.1, 0.15) is 21.6 Å². The summed E-state index contributed by atoms with van der Waals surface area (Å²) in [6, 6.07) is 22.7. The first-order valence-electron chi connectivity index (χ1n) is 11.0. The second kappa shape index (κ2) is 9.55. The Morgan fingerprint density at radius 2 is 1.76 bits per heavy atom. The molecular formula is C26H22N4O4. The zero-order valence-corrected chi connectivity index (χ0v) is 18.4. The van der Waals surface area contributed by atoms with Gasteiger partial charge in [-0.1, -0.05) is 30.3 Å². The van der Waals surface area contributed by atoms with Crippen molar-refractivity contribution in [3.8, 4) is 23.5 Å². The molecule has 0 spiro atoms. The molecule has 1 aliphatic heterocycles. The van der Waals surface area contributed by atoms with Crippen LogP contribution < -0.4 is 9.64 Å². The zero-order chi connectivity index (χ0) is 23.3. The van der Waals surface area contributed by atoms with Crippen molar-refractivity contribution in [2.75, 3.05) is 31.1 Å². The van der Waals surface area contributed by atoms with E-state index >= 15 is 0 Å². The summed E-state index contributed by atoms with van der Waals surface area (Å²) in [5.74, 6) is 1.81. The topological polar surface area (TPSA) is 95.7 Å². The number of carbonyl (C=O) groups is 1. The Labute approximate surface area is 196 Å². The van der Waals surface area contributed by atoms with E-state index in [1.807, 2.05) is 47.4 Å². The lowest BCUT2D eigenvalue weighted by atomic mass is 10.1. The molecule has 3 heterocycles. The van der Waals surface area contributed by atoms with Crippen LogP contribution in [0.3, 0.4) is 0 Å². The van der Waals surface area contributed by atoms with Crippen molar-refractivity contribution in [1.29, 1.82) is 5.26 Å². The standard InChI is InChI=1S/C26H22N4O4/c27-17-22-26(34-24(28-22)23-7-4-16-32-23)30-14-12-29(13-15-30)25(31)20-8-10-21(11-9-20)33-18-19-5-2-1-3-6-19/h1-11,16H,12-15,18H2. The molecule has 0 aliphatic carbocycles. The Hall–Kier alpha value is -4.51. The summed E-state index contributed by atoms with van der Waals surface area (Å²) in [5, 5.41) is 9.47. The maximum Gasteiger partial charge on any atom is 0.266 e. The highest BCUT2D eigenvalue weighted by Gasteiger charge is 2.27. The van der Waals surface area contributed by atoms with Gasteiger partial charge in [0.05, 0.1) is 6.26 Å². The van der Waals surface area contributed by atoms with E-state index in [2.05, 4.69) is 11.1 Å². The van der Waals surface area contributed by atoms with Gasteiger partial charge < -0.3 is 23.4 Å². The van der Waals surface area contributed by atoms with Crippen LogP contribution in [0.4, 0.5) is 5.88 Å². The highest BCUT2D eigenvalue weighted by atomic mass is 16.5. The monoisotopic (exact) mass is 454 g/mol. The number of rotatable bonds is 6. The number of aromatic nitrogens is 1. The lowest BCUT2D eigenvalue weighted by Gasteiger charge is -2.34. The minimum absolute atomic E-state index is 0.0383. The average molecular weight is 454 g/mol. The van der Waals surface area contributed by atoms with E-state index in [4.69, 9.17) is 13.6 Å². The molecule has 0 unspecified atom stereocenters. The Bertz CT molecular complexity index is 1280. The fraction of sp³-hybridized carbons (Fsp3) is 0.192. The SMILES string of the molecule is N#Cc1nc(-c2ccco2)oc1N1CCN(C(=O)c2ccc(OCc3ccccc3)cc2)CC1. The van der Waals surface area contributed by atoms with Gasteiger partial charge in [-0.3, -0.25) is 4.79 Å². The predicted molar refractivity (Wildman–Crippen MR) is 124 cm³/mol. The molecule has 8 heteroatoms. The second-order valence-corrected chi connectivity index (χ2v) is 7.84. The fourth-order valence-corrected chi connectivity index (χ4v) is 3.83. The van der Waals surface area contributed by atoms with Gasteiger partial charge in [0.25, 0.3) is 11.8 Å². The number of amides is 1. The van der Waals surface area contributed by atoms with Crippen LogP contribution in [0, 0.1) is 11.3 Å². The average Bonchev–Trinajstić information content (AvgIpc) is 3.58. The molecule has 2 aromatic heterocycles. The largest absolute Gasteiger partial charge is 0.489 e. The summed E-state index contributed by atoms with van der Waals surface area (Å²) >= 11 is 0. The van der Waals surface area contributed by atoms with Crippen molar-refractivity contribution < 1.29 is 18.4 Å². The van der Waals surface area contributed by atoms with Gasteiger partial charge in [-0.25, -0.2) is 0 Å². The summed E-state index contributed by atoms with van der Waals surface area (Å²) in [7, 11) is 0. The van der Waals surface area contributed by atoms with Crippen LogP contribution in [0.15, 0.2) is 81.8 Å². The van der Waals surface area contributed by atoms with Crippen molar-refractivity contribution >= 4 is 11.8 Å². The van der Waals surface area contributed by atoms with Gasteiger partial charge in [-0.2, -0.15) is 10.2 Å². The number of oxazole rings is 1. The van der Waals surface area contributed by atoms with Crippen molar-refractivity contribution in [3.63, 3.8) is 0 Å². The van der Waals surface area contributed by atoms with Crippen molar-refractivity contribution in [1.82, 2.24) is 9.88 Å². The molecule has 0 saturated carbocycles. The molecule has 4 aromatic rings. The van der Waals surface area contributed by atoms with E-state index in [0.29, 0.717) is 55.7 Å². The summed E-state index contributed by atoms with van der Waals surface area (Å²) < 4.78 is 16.9. The number of anilines is 1. The van der Waals surface area contributed by atoms with Crippen LogP contribution in [-0.4, -0.2) is 42.0 Å². The lowest BCUT2D eigenvalue weighted by molar-refractivity contribution is 0.0745. The number of ether oxygens (including phenoxy) is 1. The summed E-state index contributed by atoms with van der Waals surface area (Å²) in [6.45, 7) is 2.56. The molecular weight excluding hydrogens is 432 g/mol. The van der Waals surface area contributed by atoms with Crippen LogP contribution in [0.25, 0.3) is 11.7 Å². The maximum atomic E-state index is 13.0. The van der Waals surface area contributed by atoms with E-state index in [1.165, 1.54) is 6.26 Å². The smallest absolute Gasteiger partial charge is 0.266 e. The maximum absolute atomic E-state index is 13.0. The molecule has 1 amide bonds. The molecule has 2 aromatic carbocycles. The van der Waals surface area contributed by atoms with E-state index in [-0.39, 0.29) is 17.5 Å². The molecule has 1 fully saturated rings. The zero-order valence-electron chi connectivity index (χ0n) is 18.4. The van der Waals surface area contributed by atoms with Crippen LogP contribution in [-0.2, 0) is 6.61 Å². The second-order valence-electron chi connectivity index (χ2n) is 7.84. The summed E-state index contributed by atoms with van der Waals surface area (Å²) in [4.78, 5) is 20.9. The molecule has 1 aliphatic rings. The summed E-state index contributed by atoms with van der Waals surface area (Å²) in [5.41, 5.74) is 1.90. The number of benzene rings is 2. The molecule has 1 saturated heterocycles. The van der Waals surface area contributed by atoms with Gasteiger partial charge >= 0.3 is 0 Å². The van der Waals surface area contributed by atoms with Crippen LogP contribution in [0.5, 0.6) is 5.75 Å². The highest BCUT2D eigenvalue weighted by molar-refractivity contribution is 5.94. The van der Waals surface area contributed by atoms with Gasteiger partial charge in [-0.15, -0.1) is 0 Å². The minimum Gasteiger partial charge on any atom is -0.489 e. The Morgan fingerprint density at radius 3 is 2.44 bits per heavy atom. The van der Waals surface area contributed by atoms with Gasteiger partial charge in [0, 0.05) is 31.7 Å². The van der Waals surface area contributed by atoms with E-state index in [9.17, 15) is 10.1 Å². The first kappa shape index (κ1) is 21.3. The minimum atomic E-state index is -0.0383. The molecule has 0 atom stereocenters. The summed E-state index contributed by atoms with van der Waals surface area (Å²) in [6.07, 6.45) is 1.53. The van der Waals surface area contributed by atoms with E-state index in [0.717, 1.165) is 5.56 Å². The quantitative estimate of drug-likeness (QED) is 0.427. The highest BCUT2D eigenvalue weighted by Crippen LogP contribution is 2.29. The first-order valence-corrected chi connectivity index (χ1v) is 11.0. The van der Waals surface area contributed by atoms with Gasteiger partial charge in [-0.05, 0) is 42.0 Å². The number of hydrogen-bond donors (Lipinski definition) is 0. The third kappa shape index (κ3) is 4.50. The fourth-order valence-electron chi connectivity index (χ4n) is 3.83. The van der Waals surface area contributed by atoms with Crippen molar-refractivity contribution in [3.05, 3.63) is 89.8 Å².